The van der Waals surface area contributed by atoms with Crippen molar-refractivity contribution in [3.8, 4) is 0 Å². The van der Waals surface area contributed by atoms with Crippen molar-refractivity contribution in [3.05, 3.63) is 23.6 Å². The van der Waals surface area contributed by atoms with E-state index in [-0.39, 0.29) is 0 Å². The molecule has 0 bridgehead atoms. The number of halogens is 1. The van der Waals surface area contributed by atoms with Crippen molar-refractivity contribution in [2.24, 2.45) is 0 Å². The van der Waals surface area contributed by atoms with Crippen LogP contribution in [0.15, 0.2) is 12.4 Å². The molecule has 2 rings (SSSR count). The van der Waals surface area contributed by atoms with Crippen LogP contribution in [0.3, 0.4) is 0 Å². The van der Waals surface area contributed by atoms with Crippen molar-refractivity contribution in [1.29, 1.82) is 0 Å². The predicted octanol–water partition coefficient (Wildman–Crippen LogP) is 1.41. The van der Waals surface area contributed by atoms with E-state index >= 15 is 0 Å². The molecule has 0 fully saturated rings. The van der Waals surface area contributed by atoms with Crippen molar-refractivity contribution in [1.82, 2.24) is 15.0 Å². The number of aromatic amines is 1. The predicted molar refractivity (Wildman–Crippen MR) is 37.7 cm³/mol. The second-order valence-corrected chi connectivity index (χ2v) is 2.19. The molecule has 0 saturated heterocycles. The highest BCUT2D eigenvalue weighted by Gasteiger charge is 1.96. The number of fused-ring (bicyclic) bond motifs is 1. The van der Waals surface area contributed by atoms with Crippen LogP contribution in [0.25, 0.3) is 11.2 Å². The Morgan fingerprint density at radius 3 is 3.40 bits per heavy atom. The van der Waals surface area contributed by atoms with E-state index in [2.05, 4.69) is 21.0 Å². The number of rotatable bonds is 0. The van der Waals surface area contributed by atoms with Crippen LogP contribution in [-0.4, -0.2) is 15.0 Å². The van der Waals surface area contributed by atoms with Crippen LogP contribution in [0.2, 0.25) is 5.15 Å². The lowest BCUT2D eigenvalue weighted by atomic mass is 10.4. The molecule has 1 N–H and O–H groups in total. The fraction of sp³-hybridized carbons (Fsp3) is 0. The summed E-state index contributed by atoms with van der Waals surface area (Å²) in [6.07, 6.45) is 1.57. The van der Waals surface area contributed by atoms with Gasteiger partial charge in [0.2, 0.25) is 0 Å². The van der Waals surface area contributed by atoms with Gasteiger partial charge in [0.25, 0.3) is 0 Å². The van der Waals surface area contributed by atoms with Crippen LogP contribution in [-0.2, 0) is 0 Å². The lowest BCUT2D eigenvalue weighted by Gasteiger charge is -1.85. The van der Waals surface area contributed by atoms with Gasteiger partial charge in [-0.3, -0.25) is 0 Å². The Morgan fingerprint density at radius 2 is 2.50 bits per heavy atom. The third-order valence-corrected chi connectivity index (χ3v) is 1.38. The quantitative estimate of drug-likeness (QED) is 0.580. The lowest BCUT2D eigenvalue weighted by molar-refractivity contribution is 1.30. The van der Waals surface area contributed by atoms with Gasteiger partial charge in [-0.2, -0.15) is 0 Å². The molecule has 0 saturated carbocycles. The molecule has 0 aliphatic heterocycles. The van der Waals surface area contributed by atoms with Gasteiger partial charge in [-0.15, -0.1) is 0 Å². The highest BCUT2D eigenvalue weighted by atomic mass is 35.5. The zero-order valence-corrected chi connectivity index (χ0v) is 5.68. The van der Waals surface area contributed by atoms with Crippen LogP contribution in [0, 0.1) is 6.07 Å². The second-order valence-electron chi connectivity index (χ2n) is 1.83. The molecule has 3 nitrogen and oxygen atoms in total. The zero-order valence-electron chi connectivity index (χ0n) is 4.93. The summed E-state index contributed by atoms with van der Waals surface area (Å²) in [5, 5.41) is 0.358. The Bertz CT molecular complexity index is 355. The largest absolute Gasteiger partial charge is 0.329 e. The van der Waals surface area contributed by atoms with Crippen LogP contribution in [0.4, 0.5) is 0 Å². The Kier molecular flexibility index (Phi) is 1.11. The van der Waals surface area contributed by atoms with Gasteiger partial charge in [-0.25, -0.2) is 9.97 Å². The smallest absolute Gasteiger partial charge is 0.158 e. The molecule has 2 aromatic heterocycles. The van der Waals surface area contributed by atoms with E-state index in [1.54, 1.807) is 12.4 Å². The molecule has 49 valence electrons. The Balaban J connectivity index is 2.86. The molecule has 4 heteroatoms. The summed E-state index contributed by atoms with van der Waals surface area (Å²) < 4.78 is 0. The van der Waals surface area contributed by atoms with E-state index in [0.29, 0.717) is 10.8 Å². The fourth-order valence-electron chi connectivity index (χ4n) is 0.752. The van der Waals surface area contributed by atoms with Crippen molar-refractivity contribution in [3.63, 3.8) is 0 Å². The fourth-order valence-corrected chi connectivity index (χ4v) is 0.891. The lowest BCUT2D eigenvalue weighted by Crippen LogP contribution is -1.76. The van der Waals surface area contributed by atoms with Gasteiger partial charge in [0.15, 0.2) is 5.65 Å². The number of pyridine rings is 1. The Labute approximate surface area is 62.1 Å². The average molecular weight is 153 g/mol. The van der Waals surface area contributed by atoms with E-state index in [9.17, 15) is 0 Å². The SMILES string of the molecule is Clc1[c]cc2nc[nH]c2n1. The standard InChI is InChI=1S/C6H3ClN3/c7-5-2-1-4-6(10-5)9-3-8-4/h1,3H,(H,8,9,10). The van der Waals surface area contributed by atoms with Crippen molar-refractivity contribution in [2.45, 2.75) is 0 Å². The zero-order chi connectivity index (χ0) is 6.97. The molecule has 10 heavy (non-hydrogen) atoms. The van der Waals surface area contributed by atoms with E-state index in [1.165, 1.54) is 0 Å². The third-order valence-electron chi connectivity index (χ3n) is 1.19. The minimum absolute atomic E-state index is 0.358. The minimum Gasteiger partial charge on any atom is -0.329 e. The molecule has 2 heterocycles. The Hall–Kier alpha value is -1.09. The molecular formula is C6H3ClN3. The van der Waals surface area contributed by atoms with Crippen LogP contribution in [0.5, 0.6) is 0 Å². The van der Waals surface area contributed by atoms with Gasteiger partial charge in [-0.1, -0.05) is 11.6 Å². The summed E-state index contributed by atoms with van der Waals surface area (Å²) in [6.45, 7) is 0. The number of hydrogen-bond acceptors (Lipinski definition) is 2. The average Bonchev–Trinajstić information content (AvgIpc) is 2.33. The number of H-pyrrole nitrogens is 1. The molecule has 0 aliphatic rings. The normalized spacial score (nSPS) is 10.5. The van der Waals surface area contributed by atoms with Crippen LogP contribution in [0.1, 0.15) is 0 Å². The first-order valence-electron chi connectivity index (χ1n) is 2.73. The summed E-state index contributed by atoms with van der Waals surface area (Å²) in [5.41, 5.74) is 1.48. The van der Waals surface area contributed by atoms with Crippen LogP contribution < -0.4 is 0 Å². The third kappa shape index (κ3) is 0.752. The van der Waals surface area contributed by atoms with Gasteiger partial charge in [0, 0.05) is 6.07 Å². The first-order valence-corrected chi connectivity index (χ1v) is 3.11. The molecular weight excluding hydrogens is 150 g/mol. The molecule has 0 aromatic carbocycles. The molecule has 0 unspecified atom stereocenters. The van der Waals surface area contributed by atoms with Crippen LogP contribution >= 0.6 is 11.6 Å². The Morgan fingerprint density at radius 1 is 1.60 bits per heavy atom. The summed E-state index contributed by atoms with van der Waals surface area (Å²) in [7, 11) is 0. The first-order chi connectivity index (χ1) is 4.86. The van der Waals surface area contributed by atoms with Crippen molar-refractivity contribution < 1.29 is 0 Å². The molecule has 0 spiro atoms. The molecule has 0 amide bonds. The van der Waals surface area contributed by atoms with Crippen molar-refractivity contribution >= 4 is 22.8 Å². The summed E-state index contributed by atoms with van der Waals surface area (Å²) in [5.74, 6) is 0. The molecule has 0 aliphatic carbocycles. The maximum atomic E-state index is 5.56. The van der Waals surface area contributed by atoms with E-state index in [1.807, 2.05) is 0 Å². The summed E-state index contributed by atoms with van der Waals surface area (Å²) >= 11 is 5.56. The van der Waals surface area contributed by atoms with Gasteiger partial charge in [0.05, 0.1) is 6.33 Å². The van der Waals surface area contributed by atoms with Crippen molar-refractivity contribution in [2.75, 3.05) is 0 Å². The van der Waals surface area contributed by atoms with E-state index < -0.39 is 0 Å². The second kappa shape index (κ2) is 1.95. The first kappa shape index (κ1) is 5.68. The van der Waals surface area contributed by atoms with E-state index in [0.717, 1.165) is 5.52 Å². The number of aromatic nitrogens is 3. The maximum Gasteiger partial charge on any atom is 0.158 e. The van der Waals surface area contributed by atoms with Gasteiger partial charge in [0.1, 0.15) is 10.7 Å². The van der Waals surface area contributed by atoms with Gasteiger partial charge < -0.3 is 4.98 Å². The monoisotopic (exact) mass is 152 g/mol. The molecule has 2 aromatic rings. The summed E-state index contributed by atoms with van der Waals surface area (Å²) in [4.78, 5) is 10.7. The van der Waals surface area contributed by atoms with Gasteiger partial charge in [-0.05, 0) is 6.07 Å². The van der Waals surface area contributed by atoms with Gasteiger partial charge >= 0.3 is 0 Å². The highest BCUT2D eigenvalue weighted by molar-refractivity contribution is 6.29. The minimum atomic E-state index is 0.358. The topological polar surface area (TPSA) is 41.6 Å². The molecule has 1 radical (unpaired) electrons. The number of hydrogen-bond donors (Lipinski definition) is 1. The summed E-state index contributed by atoms with van der Waals surface area (Å²) in [6, 6.07) is 4.43. The number of nitrogens with zero attached hydrogens (tertiary/aromatic N) is 2. The number of imidazole rings is 1. The maximum absolute atomic E-state index is 5.56. The molecule has 0 atom stereocenters. The highest BCUT2D eigenvalue weighted by Crippen LogP contribution is 2.09. The number of nitrogens with one attached hydrogen (secondary N) is 1. The van der Waals surface area contributed by atoms with E-state index in [4.69, 9.17) is 11.6 Å².